The Morgan fingerprint density at radius 3 is 2.62 bits per heavy atom. The lowest BCUT2D eigenvalue weighted by Gasteiger charge is -2.20. The number of carbonyl (C=O) groups is 1. The number of aryl methyl sites for hydroxylation is 1. The average molecular weight is 381 g/mol. The monoisotopic (exact) mass is 381 g/mol. The van der Waals surface area contributed by atoms with Gasteiger partial charge in [-0.1, -0.05) is 29.5 Å². The molecule has 0 aliphatic carbocycles. The second-order valence-electron chi connectivity index (χ2n) is 6.70. The van der Waals surface area contributed by atoms with Crippen LogP contribution in [0.2, 0.25) is 0 Å². The zero-order valence-corrected chi connectivity index (χ0v) is 15.8. The van der Waals surface area contributed by atoms with Crippen molar-refractivity contribution in [1.82, 2.24) is 15.5 Å². The van der Waals surface area contributed by atoms with Gasteiger partial charge in [0.05, 0.1) is 6.54 Å². The van der Waals surface area contributed by atoms with E-state index in [2.05, 4.69) is 15.5 Å². The number of halogens is 1. The molecule has 0 aliphatic heterocycles. The van der Waals surface area contributed by atoms with Crippen molar-refractivity contribution >= 4 is 30.0 Å². The number of carbonyl (C=O) groups excluding carboxylic acids is 1. The first-order valence-electron chi connectivity index (χ1n) is 7.98. The van der Waals surface area contributed by atoms with Gasteiger partial charge in [-0.3, -0.25) is 0 Å². The Hall–Kier alpha value is -2.04. The van der Waals surface area contributed by atoms with Crippen molar-refractivity contribution in [2.75, 3.05) is 6.54 Å². The third kappa shape index (κ3) is 5.48. The summed E-state index contributed by atoms with van der Waals surface area (Å²) in [5.41, 5.74) is 0.123. The fraction of sp³-hybridized carbons (Fsp3) is 0.438. The molecule has 0 saturated heterocycles. The number of nitrogens with zero attached hydrogens (tertiary/aromatic N) is 2. The number of rotatable bonds is 5. The maximum Gasteiger partial charge on any atom is 0.488 e. The summed E-state index contributed by atoms with van der Waals surface area (Å²) >= 11 is 1.29. The molecule has 0 spiro atoms. The third-order valence-electron chi connectivity index (χ3n) is 3.29. The number of alkyl carbamates (subject to hydrolysis) is 1. The lowest BCUT2D eigenvalue weighted by atomic mass is 9.78. The van der Waals surface area contributed by atoms with Crippen molar-refractivity contribution in [3.05, 3.63) is 28.8 Å². The van der Waals surface area contributed by atoms with Crippen LogP contribution in [0.15, 0.2) is 18.2 Å². The first kappa shape index (κ1) is 20.3. The number of ether oxygens (including phenoxy) is 1. The first-order chi connectivity index (χ1) is 12.1. The highest BCUT2D eigenvalue weighted by Gasteiger charge is 2.23. The molecule has 1 amide bonds. The quantitative estimate of drug-likeness (QED) is 0.682. The van der Waals surface area contributed by atoms with Gasteiger partial charge in [0.2, 0.25) is 0 Å². The molecule has 0 bridgehead atoms. The van der Waals surface area contributed by atoms with Crippen LogP contribution in [0, 0.1) is 6.92 Å². The van der Waals surface area contributed by atoms with Crippen LogP contribution in [0.4, 0.5) is 9.18 Å². The van der Waals surface area contributed by atoms with Gasteiger partial charge in [-0.2, -0.15) is 0 Å². The van der Waals surface area contributed by atoms with E-state index in [-0.39, 0.29) is 17.6 Å². The van der Waals surface area contributed by atoms with Gasteiger partial charge in [-0.25, -0.2) is 9.18 Å². The molecular formula is C16H21BFN3O4S. The number of amides is 1. The maximum atomic E-state index is 14.8. The van der Waals surface area contributed by atoms with Gasteiger partial charge in [0, 0.05) is 5.56 Å². The summed E-state index contributed by atoms with van der Waals surface area (Å²) in [7, 11) is -1.73. The summed E-state index contributed by atoms with van der Waals surface area (Å²) in [5, 5.41) is 30.3. The number of nitrogens with one attached hydrogen (secondary N) is 1. The lowest BCUT2D eigenvalue weighted by molar-refractivity contribution is 0.0513. The Kier molecular flexibility index (Phi) is 6.32. The number of hydrogen-bond acceptors (Lipinski definition) is 7. The molecule has 3 N–H and O–H groups in total. The van der Waals surface area contributed by atoms with Crippen LogP contribution < -0.4 is 10.8 Å². The molecule has 0 radical (unpaired) electrons. The van der Waals surface area contributed by atoms with Gasteiger partial charge in [-0.05, 0) is 38.7 Å². The predicted octanol–water partition coefficient (Wildman–Crippen LogP) is 1.73. The SMILES string of the molecule is Cc1nnc(-c2ccc(B(O)O)cc2C(F)CNC(=O)OC(C)(C)C)s1. The summed E-state index contributed by atoms with van der Waals surface area (Å²) in [6.45, 7) is 6.58. The summed E-state index contributed by atoms with van der Waals surface area (Å²) < 4.78 is 19.9. The van der Waals surface area contributed by atoms with Crippen LogP contribution in [0.5, 0.6) is 0 Å². The molecule has 0 aliphatic rings. The Morgan fingerprint density at radius 1 is 1.38 bits per heavy atom. The zero-order valence-electron chi connectivity index (χ0n) is 15.0. The second kappa shape index (κ2) is 8.11. The molecule has 10 heteroatoms. The van der Waals surface area contributed by atoms with Crippen molar-refractivity contribution in [2.45, 2.75) is 39.5 Å². The summed E-state index contributed by atoms with van der Waals surface area (Å²) in [4.78, 5) is 11.7. The van der Waals surface area contributed by atoms with Gasteiger partial charge in [0.15, 0.2) is 0 Å². The maximum absolute atomic E-state index is 14.8. The van der Waals surface area contributed by atoms with E-state index in [1.807, 2.05) is 0 Å². The molecule has 0 fully saturated rings. The minimum atomic E-state index is -1.73. The molecule has 1 aromatic heterocycles. The summed E-state index contributed by atoms with van der Waals surface area (Å²) in [6, 6.07) is 4.39. The number of aromatic nitrogens is 2. The van der Waals surface area contributed by atoms with Gasteiger partial charge in [-0.15, -0.1) is 10.2 Å². The van der Waals surface area contributed by atoms with Crippen LogP contribution in [-0.2, 0) is 4.74 Å². The Balaban J connectivity index is 2.24. The zero-order chi connectivity index (χ0) is 19.5. The van der Waals surface area contributed by atoms with E-state index in [1.165, 1.54) is 23.5 Å². The third-order valence-corrected chi connectivity index (χ3v) is 4.16. The number of benzene rings is 1. The van der Waals surface area contributed by atoms with Gasteiger partial charge < -0.3 is 20.1 Å². The van der Waals surface area contributed by atoms with Gasteiger partial charge >= 0.3 is 13.2 Å². The van der Waals surface area contributed by atoms with Crippen LogP contribution in [-0.4, -0.2) is 45.6 Å². The van der Waals surface area contributed by atoms with Gasteiger partial charge in [0.1, 0.15) is 21.8 Å². The first-order valence-corrected chi connectivity index (χ1v) is 8.80. The van der Waals surface area contributed by atoms with E-state index >= 15 is 0 Å². The molecule has 2 rings (SSSR count). The molecule has 0 saturated carbocycles. The highest BCUT2D eigenvalue weighted by molar-refractivity contribution is 7.14. The molecule has 1 atom stereocenters. The highest BCUT2D eigenvalue weighted by atomic mass is 32.1. The standard InChI is InChI=1S/C16H21BFN3O4S/c1-9-20-21-14(26-9)11-6-5-10(17(23)24)7-12(11)13(18)8-19-15(22)25-16(2,3)4/h5-7,13,23-24H,8H2,1-4H3,(H,19,22). The van der Waals surface area contributed by atoms with Crippen LogP contribution in [0.3, 0.4) is 0 Å². The normalized spacial score (nSPS) is 12.6. The predicted molar refractivity (Wildman–Crippen MR) is 98.0 cm³/mol. The van der Waals surface area contributed by atoms with Crippen LogP contribution in [0.25, 0.3) is 10.6 Å². The van der Waals surface area contributed by atoms with E-state index in [0.717, 1.165) is 5.01 Å². The molecule has 140 valence electrons. The second-order valence-corrected chi connectivity index (χ2v) is 7.88. The Labute approximate surface area is 155 Å². The van der Waals surface area contributed by atoms with Crippen molar-refractivity contribution in [3.63, 3.8) is 0 Å². The number of alkyl halides is 1. The fourth-order valence-electron chi connectivity index (χ4n) is 2.20. The van der Waals surface area contributed by atoms with Gasteiger partial charge in [0.25, 0.3) is 0 Å². The van der Waals surface area contributed by atoms with Crippen molar-refractivity contribution in [1.29, 1.82) is 0 Å². The smallest absolute Gasteiger partial charge is 0.444 e. The fourth-order valence-corrected chi connectivity index (χ4v) is 2.94. The summed E-state index contributed by atoms with van der Waals surface area (Å²) in [5.74, 6) is 0. The van der Waals surface area contributed by atoms with Crippen molar-refractivity contribution in [2.24, 2.45) is 0 Å². The largest absolute Gasteiger partial charge is 0.488 e. The summed E-state index contributed by atoms with van der Waals surface area (Å²) in [6.07, 6.45) is -2.33. The van der Waals surface area contributed by atoms with Crippen LogP contribution >= 0.6 is 11.3 Å². The average Bonchev–Trinajstić information content (AvgIpc) is 2.96. The molecule has 1 unspecified atom stereocenters. The Morgan fingerprint density at radius 2 is 2.08 bits per heavy atom. The topological polar surface area (TPSA) is 105 Å². The highest BCUT2D eigenvalue weighted by Crippen LogP contribution is 2.31. The molecule has 1 aromatic carbocycles. The minimum Gasteiger partial charge on any atom is -0.444 e. The molecular weight excluding hydrogens is 360 g/mol. The van der Waals surface area contributed by atoms with Crippen LogP contribution in [0.1, 0.15) is 37.5 Å². The van der Waals surface area contributed by atoms with E-state index in [4.69, 9.17) is 4.74 Å². The molecule has 2 aromatic rings. The molecule has 7 nitrogen and oxygen atoms in total. The van der Waals surface area contributed by atoms with E-state index < -0.39 is 25.0 Å². The van der Waals surface area contributed by atoms with E-state index in [9.17, 15) is 19.2 Å². The minimum absolute atomic E-state index is 0.143. The Bertz CT molecular complexity index is 779. The molecule has 1 heterocycles. The van der Waals surface area contributed by atoms with Crippen molar-refractivity contribution < 1.29 is 24.0 Å². The van der Waals surface area contributed by atoms with E-state index in [0.29, 0.717) is 10.6 Å². The molecule has 26 heavy (non-hydrogen) atoms. The number of hydrogen-bond donors (Lipinski definition) is 3. The lowest BCUT2D eigenvalue weighted by Crippen LogP contribution is -2.35. The van der Waals surface area contributed by atoms with Crippen molar-refractivity contribution in [3.8, 4) is 10.6 Å². The van der Waals surface area contributed by atoms with E-state index in [1.54, 1.807) is 33.8 Å².